The van der Waals surface area contributed by atoms with Crippen LogP contribution in [0.2, 0.25) is 5.02 Å². The van der Waals surface area contributed by atoms with E-state index in [4.69, 9.17) is 11.6 Å². The van der Waals surface area contributed by atoms with Gasteiger partial charge in [0.25, 0.3) is 0 Å². The molecule has 9 heavy (non-hydrogen) atoms. The Labute approximate surface area is 57.7 Å². The van der Waals surface area contributed by atoms with E-state index in [-0.39, 0.29) is 0 Å². The largest absolute Gasteiger partial charge is 0.284 e. The van der Waals surface area contributed by atoms with Crippen molar-refractivity contribution in [1.29, 1.82) is 0 Å². The van der Waals surface area contributed by atoms with Crippen LogP contribution in [0.1, 0.15) is 18.7 Å². The van der Waals surface area contributed by atoms with Crippen molar-refractivity contribution < 1.29 is 5.11 Å². The van der Waals surface area contributed by atoms with E-state index in [1.807, 2.05) is 0 Å². The first-order valence-corrected chi connectivity index (χ1v) is 2.94. The molecular formula is C5H6ClN2O. The Bertz CT molecular complexity index is 197. The molecule has 0 spiro atoms. The van der Waals surface area contributed by atoms with Gasteiger partial charge in [-0.25, -0.2) is 5.11 Å². The lowest BCUT2D eigenvalue weighted by Gasteiger charge is -1.93. The number of halogens is 1. The average Bonchev–Trinajstić information content (AvgIpc) is 2.13. The van der Waals surface area contributed by atoms with Gasteiger partial charge in [-0.2, -0.15) is 5.10 Å². The van der Waals surface area contributed by atoms with E-state index in [0.717, 1.165) is 0 Å². The second kappa shape index (κ2) is 2.37. The molecule has 0 aliphatic rings. The minimum atomic E-state index is -0.844. The Morgan fingerprint density at radius 1 is 1.89 bits per heavy atom. The topological polar surface area (TPSA) is 48.6 Å². The lowest BCUT2D eigenvalue weighted by atomic mass is 10.3. The molecule has 1 aromatic heterocycles. The summed E-state index contributed by atoms with van der Waals surface area (Å²) in [5.41, 5.74) is 0.386. The predicted molar refractivity (Wildman–Crippen MR) is 32.7 cm³/mol. The van der Waals surface area contributed by atoms with Crippen LogP contribution in [0.25, 0.3) is 0 Å². The fraction of sp³-hybridized carbons (Fsp3) is 0.400. The Hall–Kier alpha value is -0.540. The van der Waals surface area contributed by atoms with Crippen LogP contribution in [0, 0.1) is 0 Å². The standard InChI is InChI=1S/C5H6ClN2O/c1-3(9)5-4(6)2-7-8-5/h2-3H,1H3,(H,7,8). The maximum atomic E-state index is 10.6. The van der Waals surface area contributed by atoms with Crippen molar-refractivity contribution in [2.24, 2.45) is 0 Å². The van der Waals surface area contributed by atoms with Crippen LogP contribution in [0.3, 0.4) is 0 Å². The van der Waals surface area contributed by atoms with Gasteiger partial charge in [-0.3, -0.25) is 5.10 Å². The highest BCUT2D eigenvalue weighted by molar-refractivity contribution is 6.31. The zero-order valence-corrected chi connectivity index (χ0v) is 5.64. The van der Waals surface area contributed by atoms with Gasteiger partial charge < -0.3 is 0 Å². The third-order valence-electron chi connectivity index (χ3n) is 1.01. The average molecular weight is 146 g/mol. The van der Waals surface area contributed by atoms with Crippen molar-refractivity contribution in [2.75, 3.05) is 0 Å². The van der Waals surface area contributed by atoms with Gasteiger partial charge in [-0.1, -0.05) is 11.6 Å². The molecule has 49 valence electrons. The molecule has 3 nitrogen and oxygen atoms in total. The first-order valence-electron chi connectivity index (χ1n) is 2.57. The molecule has 4 heteroatoms. The molecule has 0 aliphatic heterocycles. The van der Waals surface area contributed by atoms with Crippen LogP contribution in [0.15, 0.2) is 6.20 Å². The monoisotopic (exact) mass is 145 g/mol. The van der Waals surface area contributed by atoms with Crippen LogP contribution in [-0.4, -0.2) is 10.2 Å². The van der Waals surface area contributed by atoms with Gasteiger partial charge in [-0.15, -0.1) is 0 Å². The van der Waals surface area contributed by atoms with E-state index in [0.29, 0.717) is 10.7 Å². The summed E-state index contributed by atoms with van der Waals surface area (Å²) in [6.07, 6.45) is 0.648. The molecule has 1 N–H and O–H groups in total. The summed E-state index contributed by atoms with van der Waals surface area (Å²) in [5, 5.41) is 17.2. The van der Waals surface area contributed by atoms with Crippen molar-refractivity contribution in [3.05, 3.63) is 16.9 Å². The zero-order valence-electron chi connectivity index (χ0n) is 4.89. The molecular weight excluding hydrogens is 140 g/mol. The molecule has 0 aromatic carbocycles. The van der Waals surface area contributed by atoms with Crippen LogP contribution >= 0.6 is 11.6 Å². The number of aromatic amines is 1. The summed E-state index contributed by atoms with van der Waals surface area (Å²) in [6, 6.07) is 0. The Balaban J connectivity index is 2.94. The molecule has 0 amide bonds. The van der Waals surface area contributed by atoms with Crippen molar-refractivity contribution >= 4 is 11.6 Å². The van der Waals surface area contributed by atoms with Crippen molar-refractivity contribution in [1.82, 2.24) is 10.2 Å². The molecule has 1 heterocycles. The van der Waals surface area contributed by atoms with Crippen LogP contribution in [0.5, 0.6) is 0 Å². The quantitative estimate of drug-likeness (QED) is 0.641. The van der Waals surface area contributed by atoms with Gasteiger partial charge in [0.2, 0.25) is 0 Å². The number of H-pyrrole nitrogens is 1. The van der Waals surface area contributed by atoms with Gasteiger partial charge in [0, 0.05) is 6.20 Å². The fourth-order valence-corrected chi connectivity index (χ4v) is 0.816. The molecule has 1 rings (SSSR count). The van der Waals surface area contributed by atoms with Crippen LogP contribution in [-0.2, 0) is 5.11 Å². The molecule has 0 aliphatic carbocycles. The first-order chi connectivity index (χ1) is 4.22. The van der Waals surface area contributed by atoms with Gasteiger partial charge in [0.05, 0.1) is 5.02 Å². The Morgan fingerprint density at radius 2 is 2.56 bits per heavy atom. The SMILES string of the molecule is CC([O])c1n[nH]cc1Cl. The van der Waals surface area contributed by atoms with Crippen LogP contribution in [0.4, 0.5) is 0 Å². The van der Waals surface area contributed by atoms with E-state index < -0.39 is 6.10 Å². The number of rotatable bonds is 1. The maximum Gasteiger partial charge on any atom is 0.135 e. The second-order valence-electron chi connectivity index (χ2n) is 1.76. The Morgan fingerprint density at radius 3 is 2.78 bits per heavy atom. The van der Waals surface area contributed by atoms with Crippen molar-refractivity contribution in [2.45, 2.75) is 13.0 Å². The fourth-order valence-electron chi connectivity index (χ4n) is 0.571. The molecule has 1 radical (unpaired) electrons. The lowest BCUT2D eigenvalue weighted by Crippen LogP contribution is -1.89. The third-order valence-corrected chi connectivity index (χ3v) is 1.31. The highest BCUT2D eigenvalue weighted by Crippen LogP contribution is 2.18. The number of aromatic nitrogens is 2. The summed E-state index contributed by atoms with van der Waals surface area (Å²) in [5.74, 6) is 0. The minimum absolute atomic E-state index is 0.386. The zero-order chi connectivity index (χ0) is 6.85. The molecule has 1 atom stereocenters. The van der Waals surface area contributed by atoms with Crippen molar-refractivity contribution in [3.63, 3.8) is 0 Å². The van der Waals surface area contributed by atoms with Gasteiger partial charge in [0.1, 0.15) is 11.8 Å². The van der Waals surface area contributed by atoms with E-state index in [2.05, 4.69) is 10.2 Å². The van der Waals surface area contributed by atoms with E-state index in [1.165, 1.54) is 13.1 Å². The van der Waals surface area contributed by atoms with Gasteiger partial charge in [0.15, 0.2) is 0 Å². The number of hydrogen-bond acceptors (Lipinski definition) is 1. The van der Waals surface area contributed by atoms with Gasteiger partial charge in [-0.05, 0) is 6.92 Å². The minimum Gasteiger partial charge on any atom is -0.284 e. The summed E-state index contributed by atoms with van der Waals surface area (Å²) >= 11 is 5.54. The highest BCUT2D eigenvalue weighted by atomic mass is 35.5. The normalized spacial score (nSPS) is 13.7. The number of hydrogen-bond donors (Lipinski definition) is 1. The summed E-state index contributed by atoms with van der Waals surface area (Å²) in [7, 11) is 0. The van der Waals surface area contributed by atoms with E-state index >= 15 is 0 Å². The lowest BCUT2D eigenvalue weighted by molar-refractivity contribution is 0.102. The predicted octanol–water partition coefficient (Wildman–Crippen LogP) is 1.55. The molecule has 0 fully saturated rings. The van der Waals surface area contributed by atoms with E-state index in [1.54, 1.807) is 0 Å². The summed E-state index contributed by atoms with van der Waals surface area (Å²) < 4.78 is 0. The molecule has 1 aromatic rings. The van der Waals surface area contributed by atoms with E-state index in [9.17, 15) is 5.11 Å². The summed E-state index contributed by atoms with van der Waals surface area (Å²) in [6.45, 7) is 1.50. The smallest absolute Gasteiger partial charge is 0.135 e. The number of nitrogens with zero attached hydrogens (tertiary/aromatic N) is 1. The molecule has 0 bridgehead atoms. The van der Waals surface area contributed by atoms with Gasteiger partial charge >= 0.3 is 0 Å². The second-order valence-corrected chi connectivity index (χ2v) is 2.17. The molecule has 0 saturated heterocycles. The number of nitrogens with one attached hydrogen (secondary N) is 1. The maximum absolute atomic E-state index is 10.6. The van der Waals surface area contributed by atoms with Crippen molar-refractivity contribution in [3.8, 4) is 0 Å². The van der Waals surface area contributed by atoms with Crippen LogP contribution < -0.4 is 0 Å². The molecule has 0 saturated carbocycles. The molecule has 1 unspecified atom stereocenters. The Kier molecular flexibility index (Phi) is 1.73. The highest BCUT2D eigenvalue weighted by Gasteiger charge is 2.09. The third kappa shape index (κ3) is 1.23. The first kappa shape index (κ1) is 6.58. The summed E-state index contributed by atoms with van der Waals surface area (Å²) in [4.78, 5) is 0.